The van der Waals surface area contributed by atoms with Crippen LogP contribution in [0.4, 0.5) is 0 Å². The van der Waals surface area contributed by atoms with Crippen LogP contribution in [0.15, 0.2) is 64.4 Å². The first-order valence-corrected chi connectivity index (χ1v) is 7.55. The Hall–Kier alpha value is -1.81. The first-order valence-electron chi connectivity index (χ1n) is 6.07. The van der Waals surface area contributed by atoms with Gasteiger partial charge in [0.25, 0.3) is 0 Å². The van der Waals surface area contributed by atoms with Gasteiger partial charge in [0.05, 0.1) is 15.9 Å². The standard InChI is InChI=1S/C15H16O3S/c1-12(2)18-13-8-10-15(11-9-13)19(16,17)14-6-4-3-5-7-14/h3-12H,1-2H3. The van der Waals surface area contributed by atoms with Gasteiger partial charge in [0.2, 0.25) is 9.84 Å². The van der Waals surface area contributed by atoms with Gasteiger partial charge in [-0.15, -0.1) is 0 Å². The molecule has 3 nitrogen and oxygen atoms in total. The molecule has 0 fully saturated rings. The Balaban J connectivity index is 2.32. The predicted molar refractivity (Wildman–Crippen MR) is 74.1 cm³/mol. The van der Waals surface area contributed by atoms with Crippen LogP contribution in [0.3, 0.4) is 0 Å². The van der Waals surface area contributed by atoms with Crippen molar-refractivity contribution < 1.29 is 13.2 Å². The van der Waals surface area contributed by atoms with E-state index in [1.807, 2.05) is 13.8 Å². The fourth-order valence-corrected chi connectivity index (χ4v) is 2.99. The van der Waals surface area contributed by atoms with Crippen LogP contribution in [-0.4, -0.2) is 14.5 Å². The van der Waals surface area contributed by atoms with Crippen molar-refractivity contribution >= 4 is 9.84 Å². The topological polar surface area (TPSA) is 43.4 Å². The monoisotopic (exact) mass is 276 g/mol. The lowest BCUT2D eigenvalue weighted by Gasteiger charge is -2.10. The van der Waals surface area contributed by atoms with Gasteiger partial charge in [-0.3, -0.25) is 0 Å². The maximum atomic E-state index is 12.3. The van der Waals surface area contributed by atoms with Crippen LogP contribution in [0.1, 0.15) is 13.8 Å². The smallest absolute Gasteiger partial charge is 0.206 e. The molecule has 0 aliphatic carbocycles. The zero-order valence-electron chi connectivity index (χ0n) is 10.9. The van der Waals surface area contributed by atoms with Gasteiger partial charge in [-0.25, -0.2) is 8.42 Å². The summed E-state index contributed by atoms with van der Waals surface area (Å²) < 4.78 is 30.1. The Kier molecular flexibility index (Phi) is 3.90. The van der Waals surface area contributed by atoms with Gasteiger partial charge in [0.1, 0.15) is 5.75 Å². The predicted octanol–water partition coefficient (Wildman–Crippen LogP) is 3.31. The summed E-state index contributed by atoms with van der Waals surface area (Å²) in [5, 5.41) is 0. The van der Waals surface area contributed by atoms with Crippen molar-refractivity contribution in [1.29, 1.82) is 0 Å². The van der Waals surface area contributed by atoms with Crippen molar-refractivity contribution in [3.05, 3.63) is 54.6 Å². The third-order valence-electron chi connectivity index (χ3n) is 2.56. The molecule has 2 aromatic rings. The third kappa shape index (κ3) is 3.15. The van der Waals surface area contributed by atoms with E-state index in [-0.39, 0.29) is 11.0 Å². The molecule has 0 saturated carbocycles. The molecule has 0 heterocycles. The van der Waals surface area contributed by atoms with Crippen LogP contribution >= 0.6 is 0 Å². The second-order valence-electron chi connectivity index (χ2n) is 4.45. The van der Waals surface area contributed by atoms with Crippen LogP contribution in [0, 0.1) is 0 Å². The molecule has 0 amide bonds. The van der Waals surface area contributed by atoms with Gasteiger partial charge in [0.15, 0.2) is 0 Å². The fourth-order valence-electron chi connectivity index (χ4n) is 1.71. The molecule has 0 aliphatic rings. The highest BCUT2D eigenvalue weighted by molar-refractivity contribution is 7.91. The summed E-state index contributed by atoms with van der Waals surface area (Å²) in [6.45, 7) is 3.85. The molecule has 0 unspecified atom stereocenters. The van der Waals surface area contributed by atoms with E-state index in [1.165, 1.54) is 0 Å². The highest BCUT2D eigenvalue weighted by atomic mass is 32.2. The zero-order valence-corrected chi connectivity index (χ0v) is 11.7. The minimum absolute atomic E-state index is 0.0663. The van der Waals surface area contributed by atoms with Crippen molar-refractivity contribution in [2.75, 3.05) is 0 Å². The molecule has 4 heteroatoms. The highest BCUT2D eigenvalue weighted by Crippen LogP contribution is 2.23. The Morgan fingerprint density at radius 2 is 1.37 bits per heavy atom. The number of hydrogen-bond donors (Lipinski definition) is 0. The fraction of sp³-hybridized carbons (Fsp3) is 0.200. The maximum Gasteiger partial charge on any atom is 0.206 e. The number of rotatable bonds is 4. The van der Waals surface area contributed by atoms with Crippen LogP contribution in [-0.2, 0) is 9.84 Å². The average Bonchev–Trinajstić information content (AvgIpc) is 2.40. The molecule has 2 rings (SSSR count). The van der Waals surface area contributed by atoms with Crippen LogP contribution in [0.25, 0.3) is 0 Å². The molecule has 100 valence electrons. The van der Waals surface area contributed by atoms with E-state index in [0.29, 0.717) is 10.6 Å². The summed E-state index contributed by atoms with van der Waals surface area (Å²) in [6, 6.07) is 14.9. The summed E-state index contributed by atoms with van der Waals surface area (Å²) in [6.07, 6.45) is 0.0663. The van der Waals surface area contributed by atoms with E-state index >= 15 is 0 Å². The molecule has 0 radical (unpaired) electrons. The van der Waals surface area contributed by atoms with Crippen LogP contribution < -0.4 is 4.74 Å². The lowest BCUT2D eigenvalue weighted by atomic mass is 10.3. The van der Waals surface area contributed by atoms with Crippen molar-refractivity contribution in [1.82, 2.24) is 0 Å². The summed E-state index contributed by atoms with van der Waals surface area (Å²) in [5.74, 6) is 0.669. The average molecular weight is 276 g/mol. The number of hydrogen-bond acceptors (Lipinski definition) is 3. The molecular weight excluding hydrogens is 260 g/mol. The second kappa shape index (κ2) is 5.45. The molecule has 0 bridgehead atoms. The van der Waals surface area contributed by atoms with Crippen molar-refractivity contribution in [3.8, 4) is 5.75 Å². The summed E-state index contributed by atoms with van der Waals surface area (Å²) >= 11 is 0. The first kappa shape index (κ1) is 13.6. The third-order valence-corrected chi connectivity index (χ3v) is 4.34. The molecule has 2 aromatic carbocycles. The van der Waals surface area contributed by atoms with Gasteiger partial charge in [-0.1, -0.05) is 18.2 Å². The van der Waals surface area contributed by atoms with Crippen molar-refractivity contribution in [3.63, 3.8) is 0 Å². The molecule has 0 atom stereocenters. The summed E-state index contributed by atoms with van der Waals surface area (Å²) in [7, 11) is -3.44. The quantitative estimate of drug-likeness (QED) is 0.860. The second-order valence-corrected chi connectivity index (χ2v) is 6.40. The minimum Gasteiger partial charge on any atom is -0.491 e. The van der Waals surface area contributed by atoms with E-state index in [2.05, 4.69) is 0 Å². The first-order chi connectivity index (χ1) is 9.00. The SMILES string of the molecule is CC(C)Oc1ccc(S(=O)(=O)c2ccccc2)cc1. The van der Waals surface area contributed by atoms with Gasteiger partial charge < -0.3 is 4.74 Å². The Bertz CT molecular complexity index is 629. The van der Waals surface area contributed by atoms with E-state index in [0.717, 1.165) is 0 Å². The maximum absolute atomic E-state index is 12.3. The zero-order chi connectivity index (χ0) is 13.9. The molecule has 19 heavy (non-hydrogen) atoms. The molecule has 0 N–H and O–H groups in total. The van der Waals surface area contributed by atoms with Gasteiger partial charge >= 0.3 is 0 Å². The molecular formula is C15H16O3S. The Morgan fingerprint density at radius 1 is 0.842 bits per heavy atom. The van der Waals surface area contributed by atoms with Gasteiger partial charge in [-0.05, 0) is 50.2 Å². The Labute approximate surface area is 113 Å². The van der Waals surface area contributed by atoms with Crippen molar-refractivity contribution in [2.24, 2.45) is 0 Å². The van der Waals surface area contributed by atoms with Crippen molar-refractivity contribution in [2.45, 2.75) is 29.7 Å². The van der Waals surface area contributed by atoms with E-state index in [4.69, 9.17) is 4.74 Å². The highest BCUT2D eigenvalue weighted by Gasteiger charge is 2.16. The van der Waals surface area contributed by atoms with Crippen LogP contribution in [0.5, 0.6) is 5.75 Å². The van der Waals surface area contributed by atoms with Crippen LogP contribution in [0.2, 0.25) is 0 Å². The molecule has 0 spiro atoms. The summed E-state index contributed by atoms with van der Waals surface area (Å²) in [5.41, 5.74) is 0. The number of benzene rings is 2. The minimum atomic E-state index is -3.44. The number of ether oxygens (including phenoxy) is 1. The van der Waals surface area contributed by atoms with Gasteiger partial charge in [-0.2, -0.15) is 0 Å². The van der Waals surface area contributed by atoms with E-state index < -0.39 is 9.84 Å². The lowest BCUT2D eigenvalue weighted by molar-refractivity contribution is 0.242. The van der Waals surface area contributed by atoms with E-state index in [9.17, 15) is 8.42 Å². The molecule has 0 saturated heterocycles. The Morgan fingerprint density at radius 3 is 1.89 bits per heavy atom. The molecule has 0 aliphatic heterocycles. The molecule has 0 aromatic heterocycles. The summed E-state index contributed by atoms with van der Waals surface area (Å²) in [4.78, 5) is 0.572. The van der Waals surface area contributed by atoms with Gasteiger partial charge in [0, 0.05) is 0 Å². The van der Waals surface area contributed by atoms with E-state index in [1.54, 1.807) is 54.6 Å². The normalized spacial score (nSPS) is 11.5. The lowest BCUT2D eigenvalue weighted by Crippen LogP contribution is -2.06. The number of sulfone groups is 1. The largest absolute Gasteiger partial charge is 0.491 e.